The summed E-state index contributed by atoms with van der Waals surface area (Å²) in [6, 6.07) is 0. The van der Waals surface area contributed by atoms with Gasteiger partial charge in [0.2, 0.25) is 5.91 Å². The summed E-state index contributed by atoms with van der Waals surface area (Å²) < 4.78 is 0. The van der Waals surface area contributed by atoms with Crippen LogP contribution < -0.4 is 0 Å². The van der Waals surface area contributed by atoms with Gasteiger partial charge in [-0.2, -0.15) is 0 Å². The lowest BCUT2D eigenvalue weighted by Crippen LogP contribution is -2.40. The number of piperidine rings is 2. The number of carbonyl (C=O) groups is 1. The van der Waals surface area contributed by atoms with Crippen LogP contribution in [-0.2, 0) is 4.79 Å². The quantitative estimate of drug-likeness (QED) is 0.761. The van der Waals surface area contributed by atoms with E-state index in [9.17, 15) is 4.79 Å². The lowest BCUT2D eigenvalue weighted by atomic mass is 9.82. The van der Waals surface area contributed by atoms with Crippen LogP contribution in [0.3, 0.4) is 0 Å². The Morgan fingerprint density at radius 1 is 0.958 bits per heavy atom. The van der Waals surface area contributed by atoms with Crippen molar-refractivity contribution in [2.45, 2.75) is 59.3 Å². The third kappa shape index (κ3) is 4.33. The first-order valence-electron chi connectivity index (χ1n) is 10.4. The molecule has 2 aliphatic heterocycles. The van der Waals surface area contributed by atoms with Gasteiger partial charge in [-0.3, -0.25) is 4.79 Å². The molecule has 24 heavy (non-hydrogen) atoms. The van der Waals surface area contributed by atoms with Crippen molar-refractivity contribution in [3.63, 3.8) is 0 Å². The van der Waals surface area contributed by atoms with Gasteiger partial charge in [0.15, 0.2) is 0 Å². The summed E-state index contributed by atoms with van der Waals surface area (Å²) in [7, 11) is 2.24. The first kappa shape index (κ1) is 18.2. The maximum absolute atomic E-state index is 12.8. The van der Waals surface area contributed by atoms with Gasteiger partial charge in [0.05, 0.1) is 0 Å². The van der Waals surface area contributed by atoms with Crippen LogP contribution in [0.25, 0.3) is 0 Å². The Kier molecular flexibility index (Phi) is 5.89. The fraction of sp³-hybridized carbons (Fsp3) is 0.952. The molecule has 0 bridgehead atoms. The Hall–Kier alpha value is -0.570. The minimum atomic E-state index is 0.370. The summed E-state index contributed by atoms with van der Waals surface area (Å²) in [5.74, 6) is 4.83. The van der Waals surface area contributed by atoms with Gasteiger partial charge < -0.3 is 9.80 Å². The summed E-state index contributed by atoms with van der Waals surface area (Å²) in [6.45, 7) is 11.6. The summed E-state index contributed by atoms with van der Waals surface area (Å²) in [4.78, 5) is 17.4. The van der Waals surface area contributed by atoms with E-state index >= 15 is 0 Å². The van der Waals surface area contributed by atoms with Crippen LogP contribution >= 0.6 is 0 Å². The highest BCUT2D eigenvalue weighted by atomic mass is 16.2. The maximum atomic E-state index is 12.8. The van der Waals surface area contributed by atoms with E-state index in [1.54, 1.807) is 0 Å². The number of hydrogen-bond acceptors (Lipinski definition) is 2. The molecule has 1 aliphatic carbocycles. The van der Waals surface area contributed by atoms with Gasteiger partial charge in [-0.1, -0.05) is 20.8 Å². The van der Waals surface area contributed by atoms with Crippen molar-refractivity contribution in [3.8, 4) is 0 Å². The molecule has 0 radical (unpaired) electrons. The molecule has 138 valence electrons. The molecule has 3 fully saturated rings. The zero-order chi connectivity index (χ0) is 17.3. The van der Waals surface area contributed by atoms with Gasteiger partial charge >= 0.3 is 0 Å². The van der Waals surface area contributed by atoms with E-state index in [1.807, 2.05) is 0 Å². The molecule has 3 heteroatoms. The van der Waals surface area contributed by atoms with E-state index in [-0.39, 0.29) is 0 Å². The van der Waals surface area contributed by atoms with Crippen LogP contribution in [0.2, 0.25) is 0 Å². The van der Waals surface area contributed by atoms with Crippen molar-refractivity contribution in [1.29, 1.82) is 0 Å². The minimum Gasteiger partial charge on any atom is -0.342 e. The third-order valence-electron chi connectivity index (χ3n) is 7.28. The molecule has 1 amide bonds. The summed E-state index contributed by atoms with van der Waals surface area (Å²) in [6.07, 6.45) is 7.59. The molecule has 3 aliphatic rings. The zero-order valence-electron chi connectivity index (χ0n) is 16.3. The topological polar surface area (TPSA) is 23.6 Å². The standard InChI is InChI=1S/C21H38N2O/c1-15(2)17-7-11-23(12-8-17)21(24)20-14-19(20)13-16(3)18-5-9-22(4)10-6-18/h15-20H,5-14H2,1-4H3. The van der Waals surface area contributed by atoms with Gasteiger partial charge in [0, 0.05) is 19.0 Å². The summed E-state index contributed by atoms with van der Waals surface area (Å²) in [5.41, 5.74) is 0. The normalized spacial score (nSPS) is 31.5. The van der Waals surface area contributed by atoms with Crippen LogP contribution in [0.5, 0.6) is 0 Å². The molecule has 2 heterocycles. The van der Waals surface area contributed by atoms with E-state index in [4.69, 9.17) is 0 Å². The molecule has 3 atom stereocenters. The molecule has 0 aromatic rings. The lowest BCUT2D eigenvalue weighted by Gasteiger charge is -2.34. The average Bonchev–Trinajstić information content (AvgIpc) is 3.34. The van der Waals surface area contributed by atoms with Crippen LogP contribution in [0.15, 0.2) is 0 Å². The predicted octanol–water partition coefficient (Wildman–Crippen LogP) is 3.89. The first-order valence-corrected chi connectivity index (χ1v) is 10.4. The molecule has 3 rings (SSSR count). The number of carbonyl (C=O) groups excluding carboxylic acids is 1. The lowest BCUT2D eigenvalue weighted by molar-refractivity contribution is -0.134. The third-order valence-corrected chi connectivity index (χ3v) is 7.28. The molecular formula is C21H38N2O. The van der Waals surface area contributed by atoms with Crippen LogP contribution in [0.4, 0.5) is 0 Å². The predicted molar refractivity (Wildman–Crippen MR) is 99.7 cm³/mol. The van der Waals surface area contributed by atoms with Crippen LogP contribution in [0.1, 0.15) is 59.3 Å². The molecule has 3 unspecified atom stereocenters. The van der Waals surface area contributed by atoms with Crippen molar-refractivity contribution < 1.29 is 4.79 Å². The van der Waals surface area contributed by atoms with E-state index < -0.39 is 0 Å². The van der Waals surface area contributed by atoms with Crippen molar-refractivity contribution >= 4 is 5.91 Å². The number of nitrogens with zero attached hydrogens (tertiary/aromatic N) is 2. The van der Waals surface area contributed by atoms with Crippen molar-refractivity contribution in [1.82, 2.24) is 9.80 Å². The number of amides is 1. The summed E-state index contributed by atoms with van der Waals surface area (Å²) >= 11 is 0. The Bertz CT molecular complexity index is 420. The highest BCUT2D eigenvalue weighted by molar-refractivity contribution is 5.81. The largest absolute Gasteiger partial charge is 0.342 e. The van der Waals surface area contributed by atoms with Crippen molar-refractivity contribution in [3.05, 3.63) is 0 Å². The van der Waals surface area contributed by atoms with Crippen LogP contribution in [0, 0.1) is 35.5 Å². The second-order valence-corrected chi connectivity index (χ2v) is 9.36. The first-order chi connectivity index (χ1) is 11.5. The number of rotatable bonds is 5. The van der Waals surface area contributed by atoms with E-state index in [1.165, 1.54) is 51.6 Å². The molecule has 0 aromatic heterocycles. The maximum Gasteiger partial charge on any atom is 0.225 e. The van der Waals surface area contributed by atoms with Crippen molar-refractivity contribution in [2.75, 3.05) is 33.2 Å². The van der Waals surface area contributed by atoms with Crippen LogP contribution in [-0.4, -0.2) is 48.9 Å². The molecule has 2 saturated heterocycles. The highest BCUT2D eigenvalue weighted by Crippen LogP contribution is 2.46. The van der Waals surface area contributed by atoms with Gasteiger partial charge in [0.25, 0.3) is 0 Å². The SMILES string of the molecule is CC(C)C1CCN(C(=O)C2CC2CC(C)C2CCN(C)CC2)CC1. The fourth-order valence-electron chi connectivity index (χ4n) is 5.10. The van der Waals surface area contributed by atoms with Gasteiger partial charge in [-0.25, -0.2) is 0 Å². The molecule has 1 saturated carbocycles. The fourth-order valence-corrected chi connectivity index (χ4v) is 5.10. The Morgan fingerprint density at radius 2 is 1.54 bits per heavy atom. The smallest absolute Gasteiger partial charge is 0.225 e. The Balaban J connectivity index is 1.40. The zero-order valence-corrected chi connectivity index (χ0v) is 16.3. The average molecular weight is 335 g/mol. The monoisotopic (exact) mass is 334 g/mol. The molecule has 0 spiro atoms. The van der Waals surface area contributed by atoms with E-state index in [2.05, 4.69) is 37.6 Å². The molecule has 3 nitrogen and oxygen atoms in total. The van der Waals surface area contributed by atoms with Gasteiger partial charge in [-0.15, -0.1) is 0 Å². The van der Waals surface area contributed by atoms with Gasteiger partial charge in [0.1, 0.15) is 0 Å². The minimum absolute atomic E-state index is 0.370. The molecule has 0 N–H and O–H groups in total. The second kappa shape index (κ2) is 7.76. The summed E-state index contributed by atoms with van der Waals surface area (Å²) in [5, 5.41) is 0. The Morgan fingerprint density at radius 3 is 2.12 bits per heavy atom. The highest BCUT2D eigenvalue weighted by Gasteiger charge is 2.46. The molecule has 0 aromatic carbocycles. The number of likely N-dealkylation sites (tertiary alicyclic amines) is 2. The second-order valence-electron chi connectivity index (χ2n) is 9.36. The Labute approximate surface area is 149 Å². The molecular weight excluding hydrogens is 296 g/mol. The number of hydrogen-bond donors (Lipinski definition) is 0. The van der Waals surface area contributed by atoms with E-state index in [0.717, 1.165) is 36.8 Å². The van der Waals surface area contributed by atoms with Crippen molar-refractivity contribution in [2.24, 2.45) is 35.5 Å². The van der Waals surface area contributed by atoms with Gasteiger partial charge in [-0.05, 0) is 88.3 Å². The van der Waals surface area contributed by atoms with E-state index in [0.29, 0.717) is 17.7 Å².